The van der Waals surface area contributed by atoms with Gasteiger partial charge in [0.1, 0.15) is 23.9 Å². The van der Waals surface area contributed by atoms with Gasteiger partial charge in [-0.25, -0.2) is 15.4 Å². The summed E-state index contributed by atoms with van der Waals surface area (Å²) in [6.45, 7) is 3.17. The van der Waals surface area contributed by atoms with Crippen LogP contribution >= 0.6 is 0 Å². The molecule has 3 rings (SSSR count). The Balaban J connectivity index is 1.70. The highest BCUT2D eigenvalue weighted by Gasteiger charge is 2.30. The van der Waals surface area contributed by atoms with Gasteiger partial charge in [-0.3, -0.25) is 0 Å². The predicted molar refractivity (Wildman–Crippen MR) is 108 cm³/mol. The van der Waals surface area contributed by atoms with Gasteiger partial charge in [0.2, 0.25) is 0 Å². The fraction of sp³-hybridized carbons (Fsp3) is 0.200. The fourth-order valence-corrected chi connectivity index (χ4v) is 2.50. The van der Waals surface area contributed by atoms with E-state index in [4.69, 9.17) is 0 Å². The summed E-state index contributed by atoms with van der Waals surface area (Å²) in [6, 6.07) is 13.0. The second-order valence-corrected chi connectivity index (χ2v) is 6.89. The first-order valence-corrected chi connectivity index (χ1v) is 9.18. The van der Waals surface area contributed by atoms with E-state index >= 15 is 0 Å². The molecule has 8 nitrogen and oxygen atoms in total. The molecule has 0 bridgehead atoms. The molecule has 0 saturated heterocycles. The highest BCUT2D eigenvalue weighted by Crippen LogP contribution is 2.26. The van der Waals surface area contributed by atoms with Crippen LogP contribution in [0.4, 0.5) is 30.4 Å². The van der Waals surface area contributed by atoms with Crippen LogP contribution in [0.3, 0.4) is 0 Å². The van der Waals surface area contributed by atoms with E-state index in [0.717, 1.165) is 5.56 Å². The third-order valence-electron chi connectivity index (χ3n) is 4.20. The van der Waals surface area contributed by atoms with Gasteiger partial charge in [-0.05, 0) is 50.2 Å². The number of benzene rings is 2. The van der Waals surface area contributed by atoms with Crippen LogP contribution in [0.5, 0.6) is 5.75 Å². The first-order valence-electron chi connectivity index (χ1n) is 9.18. The molecule has 1 heterocycles. The number of quaternary nitrogens is 1. The largest absolute Gasteiger partial charge is 0.573 e. The molecule has 164 valence electrons. The Labute approximate surface area is 176 Å². The first-order chi connectivity index (χ1) is 14.5. The highest BCUT2D eigenvalue weighted by molar-refractivity contribution is 5.67. The molecule has 1 unspecified atom stereocenters. The van der Waals surface area contributed by atoms with Gasteiger partial charge < -0.3 is 15.3 Å². The zero-order valence-corrected chi connectivity index (χ0v) is 16.6. The van der Waals surface area contributed by atoms with E-state index in [1.54, 1.807) is 44.2 Å². The number of hydroxylamine groups is 2. The Morgan fingerprint density at radius 1 is 1.00 bits per heavy atom. The molecule has 3 aromatic rings. The Morgan fingerprint density at radius 3 is 2.19 bits per heavy atom. The molecule has 11 heteroatoms. The van der Waals surface area contributed by atoms with Gasteiger partial charge in [-0.2, -0.15) is 5.21 Å². The normalized spacial score (nSPS) is 13.5. The van der Waals surface area contributed by atoms with E-state index in [1.165, 1.54) is 30.6 Å². The Hall–Kier alpha value is -3.41. The lowest BCUT2D eigenvalue weighted by Crippen LogP contribution is -2.49. The standard InChI is InChI=1S/C20H20F3N5O3/c1-13(2)28(29,30)27-16-5-3-14(4-6-16)18-11-19(25-12-24-18)26-15-7-9-17(10-8-15)31-20(21,22)23/h3-13,27,29H,1-2H3,(H,24,25,26). The van der Waals surface area contributed by atoms with Crippen LogP contribution in [0, 0.1) is 5.21 Å². The summed E-state index contributed by atoms with van der Waals surface area (Å²) in [6.07, 6.45) is -3.40. The van der Waals surface area contributed by atoms with Crippen molar-refractivity contribution in [1.82, 2.24) is 9.97 Å². The number of hydrogen-bond acceptors (Lipinski definition) is 7. The van der Waals surface area contributed by atoms with Crippen LogP contribution in [0.2, 0.25) is 0 Å². The lowest BCUT2D eigenvalue weighted by molar-refractivity contribution is -1.06. The molecule has 0 aliphatic heterocycles. The Morgan fingerprint density at radius 2 is 1.61 bits per heavy atom. The van der Waals surface area contributed by atoms with Crippen molar-refractivity contribution in [2.45, 2.75) is 26.3 Å². The molecule has 0 spiro atoms. The van der Waals surface area contributed by atoms with Crippen molar-refractivity contribution < 1.29 is 28.0 Å². The number of nitrogens with zero attached hydrogens (tertiary/aromatic N) is 3. The van der Waals surface area contributed by atoms with Crippen LogP contribution in [-0.4, -0.2) is 32.5 Å². The van der Waals surface area contributed by atoms with Crippen LogP contribution in [0.15, 0.2) is 60.9 Å². The van der Waals surface area contributed by atoms with Crippen molar-refractivity contribution in [1.29, 1.82) is 0 Å². The molecule has 0 amide bonds. The second-order valence-electron chi connectivity index (χ2n) is 6.89. The number of halogens is 3. The first kappa shape index (κ1) is 22.3. The summed E-state index contributed by atoms with van der Waals surface area (Å²) in [5.74, 6) is 0.110. The summed E-state index contributed by atoms with van der Waals surface area (Å²) in [4.78, 5) is 6.71. The van der Waals surface area contributed by atoms with Crippen molar-refractivity contribution in [3.8, 4) is 17.0 Å². The number of rotatable bonds is 7. The van der Waals surface area contributed by atoms with Gasteiger partial charge in [-0.15, -0.1) is 18.1 Å². The summed E-state index contributed by atoms with van der Waals surface area (Å²) in [5, 5.41) is 24.7. The fourth-order valence-electron chi connectivity index (χ4n) is 2.50. The van der Waals surface area contributed by atoms with E-state index in [2.05, 4.69) is 25.4 Å². The van der Waals surface area contributed by atoms with E-state index in [-0.39, 0.29) is 5.75 Å². The molecular weight excluding hydrogens is 415 g/mol. The van der Waals surface area contributed by atoms with E-state index in [9.17, 15) is 23.6 Å². The van der Waals surface area contributed by atoms with Gasteiger partial charge >= 0.3 is 6.36 Å². The van der Waals surface area contributed by atoms with Gasteiger partial charge in [0, 0.05) is 17.3 Å². The highest BCUT2D eigenvalue weighted by atomic mass is 19.4. The smallest absolute Gasteiger partial charge is 0.572 e. The lowest BCUT2D eigenvalue weighted by Gasteiger charge is -2.36. The molecule has 0 saturated carbocycles. The van der Waals surface area contributed by atoms with Crippen molar-refractivity contribution in [2.75, 3.05) is 10.7 Å². The summed E-state index contributed by atoms with van der Waals surface area (Å²) in [5.41, 5.74) is 4.73. The Kier molecular flexibility index (Phi) is 6.29. The average Bonchev–Trinajstić information content (AvgIpc) is 2.69. The quantitative estimate of drug-likeness (QED) is 0.345. The molecule has 1 atom stereocenters. The number of anilines is 3. The molecule has 1 aromatic heterocycles. The molecule has 0 aliphatic rings. The van der Waals surface area contributed by atoms with E-state index in [0.29, 0.717) is 22.9 Å². The number of nitrogens with one attached hydrogen (secondary N) is 2. The lowest BCUT2D eigenvalue weighted by atomic mass is 10.1. The van der Waals surface area contributed by atoms with Gasteiger partial charge in [0.25, 0.3) is 0 Å². The minimum atomic E-state index is -4.75. The third-order valence-corrected chi connectivity index (χ3v) is 4.20. The maximum Gasteiger partial charge on any atom is 0.573 e. The van der Waals surface area contributed by atoms with Crippen molar-refractivity contribution in [3.05, 3.63) is 66.1 Å². The monoisotopic (exact) mass is 435 g/mol. The van der Waals surface area contributed by atoms with Crippen molar-refractivity contribution >= 4 is 17.2 Å². The van der Waals surface area contributed by atoms with Crippen LogP contribution in [-0.2, 0) is 0 Å². The molecule has 31 heavy (non-hydrogen) atoms. The van der Waals surface area contributed by atoms with Gasteiger partial charge in [-0.1, -0.05) is 12.1 Å². The Bertz CT molecular complexity index is 1010. The minimum absolute atomic E-state index is 0.323. The zero-order chi connectivity index (χ0) is 22.6. The maximum absolute atomic E-state index is 12.2. The summed E-state index contributed by atoms with van der Waals surface area (Å²) < 4.78 is 40.6. The molecular formula is C20H20F3N5O3. The van der Waals surface area contributed by atoms with Gasteiger partial charge in [0.05, 0.1) is 11.4 Å². The van der Waals surface area contributed by atoms with Crippen LogP contribution < -0.4 is 15.5 Å². The third kappa shape index (κ3) is 6.28. The number of aromatic nitrogens is 2. The SMILES string of the molecule is CC(C)[N+]([O-])(O)Nc1ccc(-c2cc(Nc3ccc(OC(F)(F)F)cc3)ncn2)cc1. The van der Waals surface area contributed by atoms with Crippen LogP contribution in [0.25, 0.3) is 11.3 Å². The molecule has 3 N–H and O–H groups in total. The molecule has 0 radical (unpaired) electrons. The van der Waals surface area contributed by atoms with Crippen LogP contribution in [0.1, 0.15) is 13.8 Å². The summed E-state index contributed by atoms with van der Waals surface area (Å²) in [7, 11) is 0. The minimum Gasteiger partial charge on any atom is -0.572 e. The maximum atomic E-state index is 12.2. The predicted octanol–water partition coefficient (Wildman–Crippen LogP) is 5.22. The number of hydrogen-bond donors (Lipinski definition) is 3. The molecule has 0 aliphatic carbocycles. The van der Waals surface area contributed by atoms with E-state index < -0.39 is 17.3 Å². The number of ether oxygens (including phenoxy) is 1. The van der Waals surface area contributed by atoms with Crippen molar-refractivity contribution in [3.63, 3.8) is 0 Å². The van der Waals surface area contributed by atoms with Gasteiger partial charge in [0.15, 0.2) is 0 Å². The van der Waals surface area contributed by atoms with Crippen molar-refractivity contribution in [2.24, 2.45) is 0 Å². The van der Waals surface area contributed by atoms with E-state index in [1.807, 2.05) is 0 Å². The second kappa shape index (κ2) is 8.76. The molecule has 2 aromatic carbocycles. The molecule has 0 fully saturated rings. The average molecular weight is 435 g/mol. The topological polar surface area (TPSA) is 102 Å². The zero-order valence-electron chi connectivity index (χ0n) is 16.6. The summed E-state index contributed by atoms with van der Waals surface area (Å²) >= 11 is 0. The number of alkyl halides is 3.